The van der Waals surface area contributed by atoms with Gasteiger partial charge in [0.05, 0.1) is 12.6 Å². The third-order valence-electron chi connectivity index (χ3n) is 3.49. The molecular formula is C16H20N2O2. The van der Waals surface area contributed by atoms with E-state index in [2.05, 4.69) is 4.98 Å². The molecule has 0 aliphatic rings. The lowest BCUT2D eigenvalue weighted by molar-refractivity contribution is 0.153. The van der Waals surface area contributed by atoms with Crippen LogP contribution in [-0.2, 0) is 6.54 Å². The van der Waals surface area contributed by atoms with Crippen molar-refractivity contribution in [3.63, 3.8) is 0 Å². The number of aromatic nitrogens is 2. The molecule has 4 heteroatoms. The van der Waals surface area contributed by atoms with Gasteiger partial charge in [0.1, 0.15) is 0 Å². The van der Waals surface area contributed by atoms with Crippen molar-refractivity contribution in [1.29, 1.82) is 0 Å². The largest absolute Gasteiger partial charge is 0.387 e. The molecule has 1 aromatic carbocycles. The van der Waals surface area contributed by atoms with E-state index in [1.54, 1.807) is 6.92 Å². The Morgan fingerprint density at radius 2 is 1.90 bits per heavy atom. The predicted octanol–water partition coefficient (Wildman–Crippen LogP) is 2.21. The van der Waals surface area contributed by atoms with Gasteiger partial charge in [0.15, 0.2) is 0 Å². The number of aliphatic hydroxyl groups is 1. The highest BCUT2D eigenvalue weighted by atomic mass is 16.3. The maximum absolute atomic E-state index is 11.9. The van der Waals surface area contributed by atoms with Crippen molar-refractivity contribution < 1.29 is 5.11 Å². The zero-order valence-corrected chi connectivity index (χ0v) is 12.3. The third-order valence-corrected chi connectivity index (χ3v) is 3.49. The summed E-state index contributed by atoms with van der Waals surface area (Å²) in [6.45, 7) is 7.85. The van der Waals surface area contributed by atoms with Gasteiger partial charge >= 0.3 is 5.69 Å². The summed E-state index contributed by atoms with van der Waals surface area (Å²) in [5.41, 5.74) is 4.23. The van der Waals surface area contributed by atoms with Crippen LogP contribution < -0.4 is 5.69 Å². The fourth-order valence-corrected chi connectivity index (χ4v) is 2.47. The van der Waals surface area contributed by atoms with Crippen molar-refractivity contribution >= 4 is 0 Å². The fraction of sp³-hybridized carbons (Fsp3) is 0.375. The molecule has 2 rings (SSSR count). The molecule has 1 heterocycles. The number of benzene rings is 1. The van der Waals surface area contributed by atoms with Crippen molar-refractivity contribution in [1.82, 2.24) is 9.55 Å². The summed E-state index contributed by atoms with van der Waals surface area (Å²) in [6, 6.07) is 7.75. The molecule has 0 radical (unpaired) electrons. The van der Waals surface area contributed by atoms with Gasteiger partial charge in [0, 0.05) is 11.4 Å². The average Bonchev–Trinajstić information content (AvgIpc) is 2.33. The topological polar surface area (TPSA) is 55.1 Å². The lowest BCUT2D eigenvalue weighted by Gasteiger charge is -2.17. The first-order chi connectivity index (χ1) is 9.38. The lowest BCUT2D eigenvalue weighted by Crippen LogP contribution is -2.28. The Kier molecular flexibility index (Phi) is 4.04. The zero-order valence-electron chi connectivity index (χ0n) is 12.3. The van der Waals surface area contributed by atoms with Gasteiger partial charge in [-0.05, 0) is 44.9 Å². The molecule has 0 bridgehead atoms. The van der Waals surface area contributed by atoms with E-state index >= 15 is 0 Å². The second-order valence-corrected chi connectivity index (χ2v) is 5.31. The molecule has 2 aromatic rings. The SMILES string of the molecule is Cc1ccc(C(O)Cn2c(C)cc(C)nc2=O)c(C)c1. The number of nitrogens with zero attached hydrogens (tertiary/aromatic N) is 2. The molecule has 0 aliphatic heterocycles. The monoisotopic (exact) mass is 272 g/mol. The van der Waals surface area contributed by atoms with Crippen molar-refractivity contribution in [3.8, 4) is 0 Å². The predicted molar refractivity (Wildman–Crippen MR) is 78.8 cm³/mol. The smallest absolute Gasteiger partial charge is 0.348 e. The minimum Gasteiger partial charge on any atom is -0.387 e. The normalized spacial score (nSPS) is 12.4. The summed E-state index contributed by atoms with van der Waals surface area (Å²) in [5, 5.41) is 10.4. The van der Waals surface area contributed by atoms with E-state index in [1.165, 1.54) is 4.57 Å². The highest BCUT2D eigenvalue weighted by Gasteiger charge is 2.13. The molecule has 0 saturated carbocycles. The molecule has 1 atom stereocenters. The van der Waals surface area contributed by atoms with Crippen LogP contribution in [0.3, 0.4) is 0 Å². The highest BCUT2D eigenvalue weighted by molar-refractivity contribution is 5.32. The zero-order chi connectivity index (χ0) is 14.9. The Morgan fingerprint density at radius 1 is 1.20 bits per heavy atom. The quantitative estimate of drug-likeness (QED) is 0.932. The van der Waals surface area contributed by atoms with Crippen LogP contribution in [0.4, 0.5) is 0 Å². The Labute approximate surface area is 118 Å². The first kappa shape index (κ1) is 14.5. The minimum absolute atomic E-state index is 0.224. The average molecular weight is 272 g/mol. The number of aliphatic hydroxyl groups excluding tert-OH is 1. The third kappa shape index (κ3) is 2.96. The summed E-state index contributed by atoms with van der Waals surface area (Å²) in [4.78, 5) is 15.8. The van der Waals surface area contributed by atoms with Crippen LogP contribution >= 0.6 is 0 Å². The molecule has 0 fully saturated rings. The van der Waals surface area contributed by atoms with Gasteiger partial charge in [0.2, 0.25) is 0 Å². The molecular weight excluding hydrogens is 252 g/mol. The van der Waals surface area contributed by atoms with Gasteiger partial charge in [-0.15, -0.1) is 0 Å². The number of rotatable bonds is 3. The maximum Gasteiger partial charge on any atom is 0.348 e. The van der Waals surface area contributed by atoms with E-state index in [9.17, 15) is 9.90 Å². The van der Waals surface area contributed by atoms with Crippen molar-refractivity contribution in [3.05, 3.63) is 62.8 Å². The van der Waals surface area contributed by atoms with Gasteiger partial charge in [-0.2, -0.15) is 4.98 Å². The van der Waals surface area contributed by atoms with Crippen LogP contribution in [0.1, 0.15) is 34.2 Å². The molecule has 0 aliphatic carbocycles. The highest BCUT2D eigenvalue weighted by Crippen LogP contribution is 2.20. The van der Waals surface area contributed by atoms with Crippen LogP contribution in [0.2, 0.25) is 0 Å². The van der Waals surface area contributed by atoms with E-state index in [1.807, 2.05) is 45.0 Å². The Bertz CT molecular complexity index is 689. The van der Waals surface area contributed by atoms with E-state index in [0.29, 0.717) is 5.69 Å². The van der Waals surface area contributed by atoms with E-state index in [4.69, 9.17) is 0 Å². The van der Waals surface area contributed by atoms with Gasteiger partial charge in [0.25, 0.3) is 0 Å². The number of hydrogen-bond donors (Lipinski definition) is 1. The molecule has 4 nitrogen and oxygen atoms in total. The lowest BCUT2D eigenvalue weighted by atomic mass is 10.0. The molecule has 20 heavy (non-hydrogen) atoms. The summed E-state index contributed by atoms with van der Waals surface area (Å²) in [5.74, 6) is 0. The summed E-state index contributed by atoms with van der Waals surface area (Å²) >= 11 is 0. The van der Waals surface area contributed by atoms with Crippen LogP contribution in [0.25, 0.3) is 0 Å². The van der Waals surface area contributed by atoms with Gasteiger partial charge in [-0.3, -0.25) is 4.57 Å². The summed E-state index contributed by atoms with van der Waals surface area (Å²) < 4.78 is 1.51. The second kappa shape index (κ2) is 5.59. The van der Waals surface area contributed by atoms with Gasteiger partial charge < -0.3 is 5.11 Å². The molecule has 1 unspecified atom stereocenters. The van der Waals surface area contributed by atoms with Crippen molar-refractivity contribution in [2.24, 2.45) is 0 Å². The summed E-state index contributed by atoms with van der Waals surface area (Å²) in [6.07, 6.45) is -0.712. The minimum atomic E-state index is -0.712. The molecule has 0 amide bonds. The van der Waals surface area contributed by atoms with Crippen LogP contribution in [-0.4, -0.2) is 14.7 Å². The molecule has 106 valence electrons. The van der Waals surface area contributed by atoms with E-state index in [0.717, 1.165) is 22.4 Å². The first-order valence-electron chi connectivity index (χ1n) is 6.69. The number of aryl methyl sites for hydroxylation is 4. The van der Waals surface area contributed by atoms with Crippen LogP contribution in [0, 0.1) is 27.7 Å². The summed E-state index contributed by atoms with van der Waals surface area (Å²) in [7, 11) is 0. The van der Waals surface area contributed by atoms with Gasteiger partial charge in [-0.25, -0.2) is 4.79 Å². The molecule has 1 N–H and O–H groups in total. The maximum atomic E-state index is 11.9. The van der Waals surface area contributed by atoms with Gasteiger partial charge in [-0.1, -0.05) is 23.8 Å². The van der Waals surface area contributed by atoms with Crippen LogP contribution in [0.15, 0.2) is 29.1 Å². The standard InChI is InChI=1S/C16H20N2O2/c1-10-5-6-14(11(2)7-10)15(19)9-18-13(4)8-12(3)17-16(18)20/h5-8,15,19H,9H2,1-4H3. The fourth-order valence-electron chi connectivity index (χ4n) is 2.47. The molecule has 1 aromatic heterocycles. The second-order valence-electron chi connectivity index (χ2n) is 5.31. The van der Waals surface area contributed by atoms with Crippen molar-refractivity contribution in [2.75, 3.05) is 0 Å². The Morgan fingerprint density at radius 3 is 2.50 bits per heavy atom. The Hall–Kier alpha value is -1.94. The first-order valence-corrected chi connectivity index (χ1v) is 6.69. The van der Waals surface area contributed by atoms with Crippen LogP contribution in [0.5, 0.6) is 0 Å². The van der Waals surface area contributed by atoms with E-state index < -0.39 is 6.10 Å². The molecule has 0 saturated heterocycles. The van der Waals surface area contributed by atoms with Crippen molar-refractivity contribution in [2.45, 2.75) is 40.3 Å². The van der Waals surface area contributed by atoms with E-state index in [-0.39, 0.29) is 12.2 Å². The number of hydrogen-bond acceptors (Lipinski definition) is 3. The Balaban J connectivity index is 2.33. The molecule has 0 spiro atoms.